The van der Waals surface area contributed by atoms with Gasteiger partial charge in [0.25, 0.3) is 0 Å². The summed E-state index contributed by atoms with van der Waals surface area (Å²) in [5.41, 5.74) is 0.0653. The van der Waals surface area contributed by atoms with E-state index in [1.165, 1.54) is 33.1 Å². The van der Waals surface area contributed by atoms with Crippen LogP contribution in [0.15, 0.2) is 17.0 Å². The Hall–Kier alpha value is -1.11. The van der Waals surface area contributed by atoms with Crippen LogP contribution in [-0.2, 0) is 14.6 Å². The molecule has 0 aliphatic carbocycles. The molecule has 0 aliphatic rings. The highest BCUT2D eigenvalue weighted by molar-refractivity contribution is 7.92. The van der Waals surface area contributed by atoms with E-state index in [0.29, 0.717) is 0 Å². The Labute approximate surface area is 117 Å². The number of hydrogen-bond donors (Lipinski definition) is 1. The minimum absolute atomic E-state index is 0.0245. The van der Waals surface area contributed by atoms with Crippen LogP contribution in [0.5, 0.6) is 0 Å². The maximum atomic E-state index is 12.3. The minimum Gasteiger partial charge on any atom is -0.478 e. The number of hydrogen-bond acceptors (Lipinski definition) is 4. The molecule has 1 N–H and O–H groups in total. The van der Waals surface area contributed by atoms with Gasteiger partial charge in [0.05, 0.1) is 22.3 Å². The molecule has 0 aromatic heterocycles. The van der Waals surface area contributed by atoms with E-state index in [1.54, 1.807) is 0 Å². The van der Waals surface area contributed by atoms with Gasteiger partial charge in [-0.15, -0.1) is 0 Å². The van der Waals surface area contributed by atoms with Gasteiger partial charge in [-0.2, -0.15) is 0 Å². The van der Waals surface area contributed by atoms with Crippen molar-refractivity contribution in [2.24, 2.45) is 0 Å². The normalized spacial score (nSPS) is 13.3. The quantitative estimate of drug-likeness (QED) is 0.901. The predicted octanol–water partition coefficient (Wildman–Crippen LogP) is 2.16. The van der Waals surface area contributed by atoms with Gasteiger partial charge in [0, 0.05) is 12.1 Å². The van der Waals surface area contributed by atoms with Crippen LogP contribution in [0.3, 0.4) is 0 Å². The van der Waals surface area contributed by atoms with Crippen molar-refractivity contribution in [2.75, 3.05) is 13.7 Å². The number of carbonyl (C=O) groups is 1. The second kappa shape index (κ2) is 5.90. The van der Waals surface area contributed by atoms with Crippen molar-refractivity contribution >= 4 is 27.4 Å². The minimum atomic E-state index is -3.68. The molecule has 0 spiro atoms. The van der Waals surface area contributed by atoms with E-state index in [-0.39, 0.29) is 27.7 Å². The van der Waals surface area contributed by atoms with Crippen molar-refractivity contribution in [2.45, 2.75) is 24.0 Å². The Morgan fingerprint density at radius 2 is 2.05 bits per heavy atom. The fraction of sp³-hybridized carbons (Fsp3) is 0.417. The van der Waals surface area contributed by atoms with Gasteiger partial charge in [0.15, 0.2) is 9.84 Å². The smallest absolute Gasteiger partial charge is 0.336 e. The molecule has 1 unspecified atom stereocenters. The topological polar surface area (TPSA) is 80.7 Å². The molecule has 0 saturated carbocycles. The average molecular weight is 307 g/mol. The summed E-state index contributed by atoms with van der Waals surface area (Å²) in [5, 5.41) is 8.34. The highest BCUT2D eigenvalue weighted by atomic mass is 35.5. The number of halogens is 1. The second-order valence-electron chi connectivity index (χ2n) is 4.19. The molecule has 19 heavy (non-hydrogen) atoms. The second-order valence-corrected chi connectivity index (χ2v) is 6.96. The van der Waals surface area contributed by atoms with Crippen molar-refractivity contribution in [1.82, 2.24) is 0 Å². The van der Waals surface area contributed by atoms with E-state index < -0.39 is 21.1 Å². The lowest BCUT2D eigenvalue weighted by molar-refractivity contribution is 0.0696. The molecule has 1 rings (SSSR count). The first-order chi connectivity index (χ1) is 8.71. The summed E-state index contributed by atoms with van der Waals surface area (Å²) in [6.45, 7) is 2.97. The van der Waals surface area contributed by atoms with Gasteiger partial charge in [-0.25, -0.2) is 13.2 Å². The zero-order chi connectivity index (χ0) is 14.8. The first-order valence-corrected chi connectivity index (χ1v) is 7.40. The Balaban J connectivity index is 3.47. The molecule has 106 valence electrons. The summed E-state index contributed by atoms with van der Waals surface area (Å²) in [6.07, 6.45) is 0. The maximum Gasteiger partial charge on any atom is 0.336 e. The first kappa shape index (κ1) is 15.9. The number of aromatic carboxylic acids is 1. The summed E-state index contributed by atoms with van der Waals surface area (Å²) < 4.78 is 29.5. The van der Waals surface area contributed by atoms with Gasteiger partial charge in [-0.1, -0.05) is 11.6 Å². The van der Waals surface area contributed by atoms with Gasteiger partial charge in [-0.05, 0) is 31.5 Å². The van der Waals surface area contributed by atoms with Crippen molar-refractivity contribution in [1.29, 1.82) is 0 Å². The summed E-state index contributed by atoms with van der Waals surface area (Å²) in [7, 11) is -2.28. The number of carboxylic acids is 1. The van der Waals surface area contributed by atoms with E-state index in [4.69, 9.17) is 21.4 Å². The SMILES string of the molecule is COCC(C)S(=O)(=O)c1cc(Cl)cc(C(=O)O)c1C. The Bertz CT molecular complexity index is 594. The van der Waals surface area contributed by atoms with Crippen molar-refractivity contribution in [3.05, 3.63) is 28.3 Å². The monoisotopic (exact) mass is 306 g/mol. The third-order valence-electron chi connectivity index (χ3n) is 2.79. The maximum absolute atomic E-state index is 12.3. The summed E-state index contributed by atoms with van der Waals surface area (Å²) >= 11 is 5.79. The van der Waals surface area contributed by atoms with E-state index in [0.717, 1.165) is 0 Å². The predicted molar refractivity (Wildman–Crippen MR) is 71.7 cm³/mol. The third kappa shape index (κ3) is 3.26. The van der Waals surface area contributed by atoms with E-state index >= 15 is 0 Å². The number of benzene rings is 1. The van der Waals surface area contributed by atoms with Crippen molar-refractivity contribution in [3.63, 3.8) is 0 Å². The fourth-order valence-corrected chi connectivity index (χ4v) is 3.57. The Morgan fingerprint density at radius 3 is 2.53 bits per heavy atom. The molecule has 0 amide bonds. The van der Waals surface area contributed by atoms with Crippen LogP contribution < -0.4 is 0 Å². The van der Waals surface area contributed by atoms with Gasteiger partial charge in [0.1, 0.15) is 0 Å². The molecule has 0 heterocycles. The molecule has 1 atom stereocenters. The van der Waals surface area contributed by atoms with Crippen LogP contribution in [-0.4, -0.2) is 38.5 Å². The van der Waals surface area contributed by atoms with Crippen LogP contribution in [0.1, 0.15) is 22.8 Å². The number of rotatable bonds is 5. The van der Waals surface area contributed by atoms with Gasteiger partial charge in [-0.3, -0.25) is 0 Å². The average Bonchev–Trinajstić information content (AvgIpc) is 2.31. The van der Waals surface area contributed by atoms with Crippen molar-refractivity contribution < 1.29 is 23.1 Å². The molecule has 5 nitrogen and oxygen atoms in total. The number of sulfone groups is 1. The summed E-state index contributed by atoms with van der Waals surface area (Å²) in [4.78, 5) is 11.0. The molecule has 0 bridgehead atoms. The van der Waals surface area contributed by atoms with Crippen molar-refractivity contribution in [3.8, 4) is 0 Å². The van der Waals surface area contributed by atoms with Gasteiger partial charge in [0.2, 0.25) is 0 Å². The molecule has 0 fully saturated rings. The Kier molecular flexibility index (Phi) is 4.95. The number of carboxylic acid groups (broad SMARTS) is 1. The first-order valence-electron chi connectivity index (χ1n) is 5.48. The molecular weight excluding hydrogens is 292 g/mol. The summed E-state index contributed by atoms with van der Waals surface area (Å²) in [6, 6.07) is 2.50. The highest BCUT2D eigenvalue weighted by Crippen LogP contribution is 2.27. The lowest BCUT2D eigenvalue weighted by Gasteiger charge is -2.15. The Morgan fingerprint density at radius 1 is 1.47 bits per heavy atom. The number of ether oxygens (including phenoxy) is 1. The molecule has 1 aromatic rings. The fourth-order valence-electron chi connectivity index (χ4n) is 1.71. The van der Waals surface area contributed by atoms with Crippen LogP contribution in [0.25, 0.3) is 0 Å². The molecule has 0 aliphatic heterocycles. The van der Waals surface area contributed by atoms with E-state index in [2.05, 4.69) is 0 Å². The van der Waals surface area contributed by atoms with Crippen LogP contribution in [0.2, 0.25) is 5.02 Å². The van der Waals surface area contributed by atoms with Gasteiger partial charge < -0.3 is 9.84 Å². The zero-order valence-electron chi connectivity index (χ0n) is 10.8. The van der Waals surface area contributed by atoms with E-state index in [9.17, 15) is 13.2 Å². The molecular formula is C12H15ClO5S. The molecule has 0 radical (unpaired) electrons. The molecule has 1 aromatic carbocycles. The highest BCUT2D eigenvalue weighted by Gasteiger charge is 2.27. The van der Waals surface area contributed by atoms with Gasteiger partial charge >= 0.3 is 5.97 Å². The van der Waals surface area contributed by atoms with E-state index in [1.807, 2.05) is 0 Å². The zero-order valence-corrected chi connectivity index (χ0v) is 12.4. The standard InChI is InChI=1S/C12H15ClO5S/c1-7(6-18-3)19(16,17)11-5-9(13)4-10(8(11)2)12(14)15/h4-5,7H,6H2,1-3H3,(H,14,15). The summed E-state index contributed by atoms with van der Waals surface area (Å²) in [5.74, 6) is -1.21. The number of methoxy groups -OCH3 is 1. The third-order valence-corrected chi connectivity index (χ3v) is 5.24. The lowest BCUT2D eigenvalue weighted by atomic mass is 10.1. The van der Waals surface area contributed by atoms with Crippen LogP contribution >= 0.6 is 11.6 Å². The lowest BCUT2D eigenvalue weighted by Crippen LogP contribution is -2.24. The molecule has 7 heteroatoms. The largest absolute Gasteiger partial charge is 0.478 e. The van der Waals surface area contributed by atoms with Crippen LogP contribution in [0, 0.1) is 6.92 Å². The molecule has 0 saturated heterocycles. The van der Waals surface area contributed by atoms with Crippen LogP contribution in [0.4, 0.5) is 0 Å².